The van der Waals surface area contributed by atoms with Gasteiger partial charge in [-0.2, -0.15) is 5.11 Å². The second-order valence-corrected chi connectivity index (χ2v) is 4.30. The summed E-state index contributed by atoms with van der Waals surface area (Å²) in [5, 5.41) is 17.7. The third-order valence-electron chi connectivity index (χ3n) is 2.66. The molecule has 0 bridgehead atoms. The lowest BCUT2D eigenvalue weighted by molar-refractivity contribution is 0.101. The number of hydrogen-bond acceptors (Lipinski definition) is 4. The third kappa shape index (κ3) is 3.25. The Bertz CT molecular complexity index is 648. The van der Waals surface area contributed by atoms with Crippen molar-refractivity contribution >= 4 is 17.2 Å². The second kappa shape index (κ2) is 5.44. The van der Waals surface area contributed by atoms with Crippen LogP contribution in [0.15, 0.2) is 52.7 Å². The first-order valence-corrected chi connectivity index (χ1v) is 5.88. The van der Waals surface area contributed by atoms with Crippen LogP contribution in [-0.2, 0) is 0 Å². The number of hydrogen-bond donors (Lipinski definition) is 1. The number of phenols is 1. The number of Topliss-reactive ketones (excluding diaryl/α,β-unsaturated/α-hetero) is 1. The van der Waals surface area contributed by atoms with E-state index in [1.165, 1.54) is 6.92 Å². The second-order valence-electron chi connectivity index (χ2n) is 4.30. The zero-order chi connectivity index (χ0) is 13.8. The van der Waals surface area contributed by atoms with Crippen LogP contribution in [0.1, 0.15) is 22.8 Å². The first-order chi connectivity index (χ1) is 9.06. The number of benzene rings is 2. The Morgan fingerprint density at radius 2 is 1.89 bits per heavy atom. The van der Waals surface area contributed by atoms with E-state index in [2.05, 4.69) is 10.2 Å². The highest BCUT2D eigenvalue weighted by molar-refractivity contribution is 5.94. The molecule has 0 unspecified atom stereocenters. The maximum atomic E-state index is 11.3. The Balaban J connectivity index is 2.30. The summed E-state index contributed by atoms with van der Waals surface area (Å²) in [5.41, 5.74) is 2.57. The molecule has 4 heteroatoms. The number of carbonyl (C=O) groups is 1. The van der Waals surface area contributed by atoms with Gasteiger partial charge in [-0.3, -0.25) is 4.79 Å². The molecule has 1 N–H and O–H groups in total. The van der Waals surface area contributed by atoms with E-state index in [0.717, 1.165) is 5.56 Å². The molecule has 0 fully saturated rings. The average Bonchev–Trinajstić information content (AvgIpc) is 2.40. The van der Waals surface area contributed by atoms with Crippen LogP contribution in [0.25, 0.3) is 0 Å². The minimum atomic E-state index is -0.0181. The van der Waals surface area contributed by atoms with Crippen molar-refractivity contribution in [2.45, 2.75) is 13.8 Å². The van der Waals surface area contributed by atoms with Gasteiger partial charge in [0.1, 0.15) is 11.4 Å². The summed E-state index contributed by atoms with van der Waals surface area (Å²) in [7, 11) is 0. The maximum Gasteiger partial charge on any atom is 0.159 e. The largest absolute Gasteiger partial charge is 0.506 e. The number of carbonyl (C=O) groups excluding carboxylic acids is 1. The van der Waals surface area contributed by atoms with Crippen LogP contribution in [0, 0.1) is 6.92 Å². The molecule has 96 valence electrons. The molecule has 4 nitrogen and oxygen atoms in total. The summed E-state index contributed by atoms with van der Waals surface area (Å²) in [6.07, 6.45) is 0. The van der Waals surface area contributed by atoms with Gasteiger partial charge in [0, 0.05) is 5.56 Å². The average molecular weight is 254 g/mol. The number of aromatic hydroxyl groups is 1. The van der Waals surface area contributed by atoms with E-state index in [4.69, 9.17) is 0 Å². The van der Waals surface area contributed by atoms with Gasteiger partial charge in [0.25, 0.3) is 0 Å². The van der Waals surface area contributed by atoms with Crippen molar-refractivity contribution in [2.75, 3.05) is 0 Å². The van der Waals surface area contributed by atoms with Crippen molar-refractivity contribution in [3.05, 3.63) is 53.6 Å². The molecule has 0 aliphatic heterocycles. The van der Waals surface area contributed by atoms with Crippen LogP contribution in [0.5, 0.6) is 5.75 Å². The van der Waals surface area contributed by atoms with Gasteiger partial charge < -0.3 is 5.11 Å². The lowest BCUT2D eigenvalue weighted by Crippen LogP contribution is -1.89. The Kier molecular flexibility index (Phi) is 3.71. The zero-order valence-corrected chi connectivity index (χ0v) is 10.8. The van der Waals surface area contributed by atoms with Gasteiger partial charge >= 0.3 is 0 Å². The van der Waals surface area contributed by atoms with Gasteiger partial charge in [-0.1, -0.05) is 18.2 Å². The normalized spacial score (nSPS) is 10.8. The van der Waals surface area contributed by atoms with Gasteiger partial charge in [0.2, 0.25) is 0 Å². The van der Waals surface area contributed by atoms with E-state index in [-0.39, 0.29) is 11.5 Å². The lowest BCUT2D eigenvalue weighted by Gasteiger charge is -2.00. The maximum absolute atomic E-state index is 11.3. The van der Waals surface area contributed by atoms with E-state index < -0.39 is 0 Å². The van der Waals surface area contributed by atoms with Crippen molar-refractivity contribution < 1.29 is 9.90 Å². The van der Waals surface area contributed by atoms with Crippen LogP contribution >= 0.6 is 0 Å². The van der Waals surface area contributed by atoms with Crippen LogP contribution < -0.4 is 0 Å². The van der Waals surface area contributed by atoms with Crippen LogP contribution in [0.2, 0.25) is 0 Å². The summed E-state index contributed by atoms with van der Waals surface area (Å²) in [5.74, 6) is 0.0625. The number of ketones is 1. The first-order valence-electron chi connectivity index (χ1n) is 5.88. The summed E-state index contributed by atoms with van der Waals surface area (Å²) in [4.78, 5) is 11.3. The first kappa shape index (κ1) is 13.0. The predicted octanol–water partition coefficient (Wildman–Crippen LogP) is 4.32. The Morgan fingerprint density at radius 3 is 2.63 bits per heavy atom. The quantitative estimate of drug-likeness (QED) is 0.655. The predicted molar refractivity (Wildman–Crippen MR) is 73.5 cm³/mol. The van der Waals surface area contributed by atoms with Gasteiger partial charge in [-0.05, 0) is 43.7 Å². The van der Waals surface area contributed by atoms with E-state index >= 15 is 0 Å². The lowest BCUT2D eigenvalue weighted by atomic mass is 10.1. The Hall–Kier alpha value is -2.49. The molecule has 0 aliphatic carbocycles. The van der Waals surface area contributed by atoms with Crippen LogP contribution in [0.4, 0.5) is 11.4 Å². The Morgan fingerprint density at radius 1 is 1.11 bits per heavy atom. The highest BCUT2D eigenvalue weighted by Crippen LogP contribution is 2.28. The van der Waals surface area contributed by atoms with Gasteiger partial charge in [0.05, 0.1) is 5.69 Å². The molecule has 0 amide bonds. The fourth-order valence-corrected chi connectivity index (χ4v) is 1.61. The van der Waals surface area contributed by atoms with Crippen molar-refractivity contribution in [2.24, 2.45) is 10.2 Å². The molecule has 0 radical (unpaired) electrons. The van der Waals surface area contributed by atoms with Crippen molar-refractivity contribution in [3.63, 3.8) is 0 Å². The summed E-state index contributed by atoms with van der Waals surface area (Å²) < 4.78 is 0. The van der Waals surface area contributed by atoms with Gasteiger partial charge in [-0.25, -0.2) is 0 Å². The fraction of sp³-hybridized carbons (Fsp3) is 0.133. The number of rotatable bonds is 3. The fourth-order valence-electron chi connectivity index (χ4n) is 1.61. The van der Waals surface area contributed by atoms with Crippen molar-refractivity contribution in [1.29, 1.82) is 0 Å². The van der Waals surface area contributed by atoms with Gasteiger partial charge in [0.15, 0.2) is 5.78 Å². The molecule has 0 atom stereocenters. The van der Waals surface area contributed by atoms with Crippen LogP contribution in [0.3, 0.4) is 0 Å². The van der Waals surface area contributed by atoms with Crippen LogP contribution in [-0.4, -0.2) is 10.9 Å². The summed E-state index contributed by atoms with van der Waals surface area (Å²) in [6.45, 7) is 3.41. The highest BCUT2D eigenvalue weighted by Gasteiger charge is 2.01. The molecule has 0 saturated carbocycles. The van der Waals surface area contributed by atoms with Crippen molar-refractivity contribution in [1.82, 2.24) is 0 Å². The summed E-state index contributed by atoms with van der Waals surface area (Å²) >= 11 is 0. The SMILES string of the molecule is CC(=O)c1cccc(N=Nc2cc(C)ccc2O)c1. The molecule has 2 rings (SSSR count). The number of azo groups is 1. The Labute approximate surface area is 111 Å². The monoisotopic (exact) mass is 254 g/mol. The molecule has 0 spiro atoms. The number of nitrogens with zero attached hydrogens (tertiary/aromatic N) is 2. The topological polar surface area (TPSA) is 62.0 Å². The summed E-state index contributed by atoms with van der Waals surface area (Å²) in [6, 6.07) is 12.0. The molecular formula is C15H14N2O2. The molecule has 0 aromatic heterocycles. The van der Waals surface area contributed by atoms with Gasteiger partial charge in [-0.15, -0.1) is 5.11 Å². The standard InChI is InChI=1S/C15H14N2O2/c1-10-6-7-15(19)14(8-10)17-16-13-5-3-4-12(9-13)11(2)18/h3-9,19H,1-2H3. The minimum absolute atomic E-state index is 0.0181. The van der Waals surface area contributed by atoms with E-state index in [0.29, 0.717) is 16.9 Å². The number of phenolic OH excluding ortho intramolecular Hbond substituents is 1. The smallest absolute Gasteiger partial charge is 0.159 e. The zero-order valence-electron chi connectivity index (χ0n) is 10.8. The minimum Gasteiger partial charge on any atom is -0.506 e. The molecule has 2 aromatic carbocycles. The molecule has 0 heterocycles. The van der Waals surface area contributed by atoms with E-state index in [1.807, 2.05) is 6.92 Å². The van der Waals surface area contributed by atoms with E-state index in [9.17, 15) is 9.90 Å². The molecular weight excluding hydrogens is 240 g/mol. The highest BCUT2D eigenvalue weighted by atomic mass is 16.3. The van der Waals surface area contributed by atoms with E-state index in [1.54, 1.807) is 42.5 Å². The molecule has 19 heavy (non-hydrogen) atoms. The molecule has 0 aliphatic rings. The molecule has 0 saturated heterocycles. The molecule has 2 aromatic rings. The van der Waals surface area contributed by atoms with Crippen molar-refractivity contribution in [3.8, 4) is 5.75 Å². The number of aryl methyl sites for hydroxylation is 1. The third-order valence-corrected chi connectivity index (χ3v) is 2.66.